The molecule has 2 fully saturated rings. The number of aromatic nitrogens is 1. The van der Waals surface area contributed by atoms with Crippen molar-refractivity contribution < 1.29 is 18.7 Å². The van der Waals surface area contributed by atoms with Gasteiger partial charge in [0, 0.05) is 32.2 Å². The van der Waals surface area contributed by atoms with Crippen molar-refractivity contribution in [1.82, 2.24) is 19.7 Å². The van der Waals surface area contributed by atoms with Crippen LogP contribution in [0.4, 0.5) is 0 Å². The van der Waals surface area contributed by atoms with Gasteiger partial charge >= 0.3 is 0 Å². The highest BCUT2D eigenvalue weighted by Gasteiger charge is 2.48. The second kappa shape index (κ2) is 11.2. The van der Waals surface area contributed by atoms with Gasteiger partial charge in [0.1, 0.15) is 17.0 Å². The van der Waals surface area contributed by atoms with Gasteiger partial charge in [-0.3, -0.25) is 14.5 Å². The normalized spacial score (nSPS) is 24.2. The van der Waals surface area contributed by atoms with Crippen LogP contribution in [0.2, 0.25) is 0 Å². The Balaban J connectivity index is 1.38. The monoisotopic (exact) mass is 496 g/mol. The lowest BCUT2D eigenvalue weighted by Crippen LogP contribution is -2.65. The summed E-state index contributed by atoms with van der Waals surface area (Å²) in [6.07, 6.45) is 10.5. The molecule has 2 aromatic heterocycles. The number of morpholine rings is 1. The smallest absolute Gasteiger partial charge is 0.271 e. The Morgan fingerprint density at radius 3 is 2.47 bits per heavy atom. The maximum Gasteiger partial charge on any atom is 0.271 e. The first-order valence-corrected chi connectivity index (χ1v) is 13.7. The molecular weight excluding hydrogens is 456 g/mol. The van der Waals surface area contributed by atoms with Gasteiger partial charge in [-0.1, -0.05) is 32.1 Å². The van der Waals surface area contributed by atoms with E-state index >= 15 is 0 Å². The summed E-state index contributed by atoms with van der Waals surface area (Å²) in [5, 5.41) is 3.37. The van der Waals surface area contributed by atoms with Crippen LogP contribution in [0.3, 0.4) is 0 Å². The van der Waals surface area contributed by atoms with Crippen LogP contribution < -0.4 is 5.32 Å². The molecule has 1 saturated carbocycles. The summed E-state index contributed by atoms with van der Waals surface area (Å²) in [5.41, 5.74) is 0.475. The molecule has 0 spiro atoms. The molecule has 0 radical (unpaired) electrons. The zero-order valence-corrected chi connectivity index (χ0v) is 21.5. The Bertz CT molecular complexity index is 1020. The van der Waals surface area contributed by atoms with E-state index in [0.717, 1.165) is 70.6 Å². The molecule has 3 aliphatic rings. The van der Waals surface area contributed by atoms with Crippen LogP contribution in [0.15, 0.2) is 34.9 Å². The third-order valence-electron chi connectivity index (χ3n) is 8.17. The van der Waals surface area contributed by atoms with Crippen molar-refractivity contribution in [1.29, 1.82) is 0 Å². The standard InChI is InChI=1S/C28H40N4O4/c1-28(27(34)29-22-9-5-3-2-4-6-10-22)21-31-23(25-11-7-18-36-25)12-13-24(31)26(33)32(28)15-8-14-30-16-19-35-20-17-30/h7,11-13,18,22H,2-6,8-10,14-17,19-21H2,1H3,(H,29,34). The van der Waals surface area contributed by atoms with Gasteiger partial charge in [-0.2, -0.15) is 0 Å². The predicted octanol–water partition coefficient (Wildman–Crippen LogP) is 3.91. The molecule has 8 nitrogen and oxygen atoms in total. The fourth-order valence-electron chi connectivity index (χ4n) is 5.98. The van der Waals surface area contributed by atoms with Gasteiger partial charge in [-0.25, -0.2) is 0 Å². The zero-order chi connectivity index (χ0) is 25.0. The highest BCUT2D eigenvalue weighted by Crippen LogP contribution is 2.34. The van der Waals surface area contributed by atoms with Crippen molar-refractivity contribution in [2.75, 3.05) is 39.4 Å². The maximum atomic E-state index is 14.0. The van der Waals surface area contributed by atoms with E-state index in [1.54, 1.807) is 6.26 Å². The highest BCUT2D eigenvalue weighted by atomic mass is 16.5. The third-order valence-corrected chi connectivity index (χ3v) is 8.17. The molecule has 2 amide bonds. The summed E-state index contributed by atoms with van der Waals surface area (Å²) in [7, 11) is 0. The van der Waals surface area contributed by atoms with E-state index in [1.807, 2.05) is 40.7 Å². The Kier molecular flexibility index (Phi) is 7.82. The third kappa shape index (κ3) is 5.25. The van der Waals surface area contributed by atoms with E-state index in [9.17, 15) is 9.59 Å². The number of furan rings is 1. The van der Waals surface area contributed by atoms with Crippen LogP contribution in [0.25, 0.3) is 11.5 Å². The number of fused-ring (bicyclic) bond motifs is 1. The predicted molar refractivity (Wildman–Crippen MR) is 138 cm³/mol. The molecule has 1 atom stereocenters. The summed E-state index contributed by atoms with van der Waals surface area (Å²) in [6.45, 7) is 7.14. The Morgan fingerprint density at radius 1 is 1.03 bits per heavy atom. The van der Waals surface area contributed by atoms with Gasteiger partial charge in [0.05, 0.1) is 31.7 Å². The topological polar surface area (TPSA) is 80.0 Å². The van der Waals surface area contributed by atoms with Crippen molar-refractivity contribution in [3.63, 3.8) is 0 Å². The minimum atomic E-state index is -0.974. The van der Waals surface area contributed by atoms with Gasteiger partial charge < -0.3 is 23.9 Å². The summed E-state index contributed by atoms with van der Waals surface area (Å²) in [6, 6.07) is 7.71. The van der Waals surface area contributed by atoms with Crippen LogP contribution in [-0.4, -0.2) is 77.2 Å². The van der Waals surface area contributed by atoms with Crippen molar-refractivity contribution in [2.24, 2.45) is 0 Å². The molecule has 1 aliphatic carbocycles. The van der Waals surface area contributed by atoms with E-state index in [4.69, 9.17) is 9.15 Å². The lowest BCUT2D eigenvalue weighted by Gasteiger charge is -2.45. The fraction of sp³-hybridized carbons (Fsp3) is 0.643. The first-order valence-electron chi connectivity index (χ1n) is 13.7. The Hall–Kier alpha value is -2.58. The summed E-state index contributed by atoms with van der Waals surface area (Å²) in [5.74, 6) is 0.575. The number of hydrogen-bond acceptors (Lipinski definition) is 5. The minimum absolute atomic E-state index is 0.0439. The number of carbonyl (C=O) groups is 2. The average Bonchev–Trinajstić information content (AvgIpc) is 3.53. The second-order valence-electron chi connectivity index (χ2n) is 10.7. The zero-order valence-electron chi connectivity index (χ0n) is 21.5. The van der Waals surface area contributed by atoms with E-state index in [2.05, 4.69) is 10.2 Å². The average molecular weight is 497 g/mol. The second-order valence-corrected chi connectivity index (χ2v) is 10.7. The van der Waals surface area contributed by atoms with Gasteiger partial charge in [-0.05, 0) is 50.5 Å². The number of nitrogens with zero attached hydrogens (tertiary/aromatic N) is 3. The molecule has 1 unspecified atom stereocenters. The lowest BCUT2D eigenvalue weighted by atomic mass is 9.92. The van der Waals surface area contributed by atoms with E-state index < -0.39 is 5.54 Å². The quantitative estimate of drug-likeness (QED) is 0.629. The van der Waals surface area contributed by atoms with Gasteiger partial charge in [0.2, 0.25) is 5.91 Å². The Morgan fingerprint density at radius 2 is 1.75 bits per heavy atom. The highest BCUT2D eigenvalue weighted by molar-refractivity contribution is 6.00. The van der Waals surface area contributed by atoms with Crippen LogP contribution in [0.5, 0.6) is 0 Å². The molecule has 2 aliphatic heterocycles. The molecule has 0 bridgehead atoms. The van der Waals surface area contributed by atoms with Crippen LogP contribution in [-0.2, 0) is 16.1 Å². The molecule has 196 valence electrons. The number of carbonyl (C=O) groups excluding carboxylic acids is 2. The molecule has 2 aromatic rings. The number of amides is 2. The molecular formula is C28H40N4O4. The molecule has 4 heterocycles. The molecule has 1 N–H and O–H groups in total. The lowest BCUT2D eigenvalue weighted by molar-refractivity contribution is -0.133. The van der Waals surface area contributed by atoms with Gasteiger partial charge in [-0.15, -0.1) is 0 Å². The van der Waals surface area contributed by atoms with Crippen molar-refractivity contribution in [2.45, 2.75) is 76.4 Å². The number of ether oxygens (including phenoxy) is 1. The first-order chi connectivity index (χ1) is 17.6. The summed E-state index contributed by atoms with van der Waals surface area (Å²) < 4.78 is 13.1. The van der Waals surface area contributed by atoms with E-state index in [0.29, 0.717) is 24.5 Å². The SMILES string of the molecule is CC1(C(=O)NC2CCCCCCC2)Cn2c(ccc2-c2ccco2)C(=O)N1CCCN1CCOCC1. The molecule has 0 aromatic carbocycles. The van der Waals surface area contributed by atoms with Crippen molar-refractivity contribution in [3.8, 4) is 11.5 Å². The van der Waals surface area contributed by atoms with Crippen molar-refractivity contribution in [3.05, 3.63) is 36.2 Å². The molecule has 36 heavy (non-hydrogen) atoms. The first kappa shape index (κ1) is 25.1. The summed E-state index contributed by atoms with van der Waals surface area (Å²) in [4.78, 5) is 32.0. The molecule has 8 heteroatoms. The fourth-order valence-corrected chi connectivity index (χ4v) is 5.98. The van der Waals surface area contributed by atoms with Gasteiger partial charge in [0.25, 0.3) is 5.91 Å². The maximum absolute atomic E-state index is 14.0. The number of nitrogens with one attached hydrogen (secondary N) is 1. The molecule has 5 rings (SSSR count). The van der Waals surface area contributed by atoms with E-state index in [1.165, 1.54) is 19.3 Å². The number of hydrogen-bond donors (Lipinski definition) is 1. The van der Waals surface area contributed by atoms with Crippen molar-refractivity contribution >= 4 is 11.8 Å². The van der Waals surface area contributed by atoms with Gasteiger partial charge in [0.15, 0.2) is 0 Å². The molecule has 1 saturated heterocycles. The number of rotatable bonds is 7. The minimum Gasteiger partial charge on any atom is -0.463 e. The largest absolute Gasteiger partial charge is 0.463 e. The van der Waals surface area contributed by atoms with Crippen LogP contribution >= 0.6 is 0 Å². The van der Waals surface area contributed by atoms with Crippen LogP contribution in [0.1, 0.15) is 68.8 Å². The van der Waals surface area contributed by atoms with E-state index in [-0.39, 0.29) is 17.9 Å². The van der Waals surface area contributed by atoms with Crippen LogP contribution in [0, 0.1) is 0 Å². The Labute approximate surface area is 213 Å². The summed E-state index contributed by atoms with van der Waals surface area (Å²) >= 11 is 0.